The van der Waals surface area contributed by atoms with Crippen LogP contribution in [0.5, 0.6) is 0 Å². The Morgan fingerprint density at radius 3 is 2.44 bits per heavy atom. The van der Waals surface area contributed by atoms with Crippen LogP contribution in [0.1, 0.15) is 81.3 Å². The standard InChI is InChI=1S/C22H32N2O3/c1-15-14-18(16(2)24(15)20-11-12-20)10-13-21(25)27-17(3)22(26)23-19-8-6-4-5-7-9-19/h10,13-14,17,19-20H,4-9,11-12H2,1-3H3,(H,23,26)/b13-10+/t17-/m1/s1. The summed E-state index contributed by atoms with van der Waals surface area (Å²) in [6.07, 6.45) is 11.7. The predicted octanol–water partition coefficient (Wildman–Crippen LogP) is 4.22. The Morgan fingerprint density at radius 1 is 1.15 bits per heavy atom. The van der Waals surface area contributed by atoms with Gasteiger partial charge in [0, 0.05) is 29.5 Å². The molecule has 0 aliphatic heterocycles. The van der Waals surface area contributed by atoms with Crippen LogP contribution in [0.15, 0.2) is 12.1 Å². The van der Waals surface area contributed by atoms with Gasteiger partial charge in [0.05, 0.1) is 0 Å². The molecule has 0 spiro atoms. The molecule has 5 heteroatoms. The molecule has 0 aromatic carbocycles. The molecule has 3 rings (SSSR count). The molecule has 1 aromatic rings. The zero-order chi connectivity index (χ0) is 19.4. The summed E-state index contributed by atoms with van der Waals surface area (Å²) < 4.78 is 7.64. The summed E-state index contributed by atoms with van der Waals surface area (Å²) in [5, 5.41) is 3.03. The maximum Gasteiger partial charge on any atom is 0.331 e. The monoisotopic (exact) mass is 372 g/mol. The van der Waals surface area contributed by atoms with Crippen molar-refractivity contribution in [3.63, 3.8) is 0 Å². The molecule has 27 heavy (non-hydrogen) atoms. The minimum absolute atomic E-state index is 0.199. The minimum Gasteiger partial charge on any atom is -0.449 e. The number of hydrogen-bond donors (Lipinski definition) is 1. The van der Waals surface area contributed by atoms with Crippen molar-refractivity contribution in [1.82, 2.24) is 9.88 Å². The molecule has 2 fully saturated rings. The quantitative estimate of drug-likeness (QED) is 0.462. The van der Waals surface area contributed by atoms with Gasteiger partial charge in [0.2, 0.25) is 0 Å². The van der Waals surface area contributed by atoms with E-state index in [2.05, 4.69) is 29.8 Å². The zero-order valence-corrected chi connectivity index (χ0v) is 16.8. The van der Waals surface area contributed by atoms with Crippen molar-refractivity contribution in [3.8, 4) is 0 Å². The lowest BCUT2D eigenvalue weighted by Gasteiger charge is -2.19. The van der Waals surface area contributed by atoms with Gasteiger partial charge in [-0.05, 0) is 64.2 Å². The van der Waals surface area contributed by atoms with E-state index in [1.165, 1.54) is 43.1 Å². The smallest absolute Gasteiger partial charge is 0.331 e. The molecule has 0 unspecified atom stereocenters. The third-order valence-corrected chi connectivity index (χ3v) is 5.70. The molecule has 0 bridgehead atoms. The van der Waals surface area contributed by atoms with Crippen LogP contribution in [-0.4, -0.2) is 28.6 Å². The van der Waals surface area contributed by atoms with Gasteiger partial charge in [0.1, 0.15) is 0 Å². The molecule has 2 aliphatic rings. The van der Waals surface area contributed by atoms with Crippen molar-refractivity contribution in [2.45, 2.75) is 90.3 Å². The summed E-state index contributed by atoms with van der Waals surface area (Å²) in [5.41, 5.74) is 3.43. The second-order valence-corrected chi connectivity index (χ2v) is 8.04. The number of carbonyl (C=O) groups excluding carboxylic acids is 2. The maximum atomic E-state index is 12.3. The third-order valence-electron chi connectivity index (χ3n) is 5.70. The van der Waals surface area contributed by atoms with Crippen LogP contribution in [0.3, 0.4) is 0 Å². The number of esters is 1. The van der Waals surface area contributed by atoms with Crippen LogP contribution in [0, 0.1) is 13.8 Å². The van der Waals surface area contributed by atoms with Crippen molar-refractivity contribution < 1.29 is 14.3 Å². The Bertz CT molecular complexity index is 707. The second kappa shape index (κ2) is 8.77. The first-order valence-electron chi connectivity index (χ1n) is 10.3. The summed E-state index contributed by atoms with van der Waals surface area (Å²) >= 11 is 0. The predicted molar refractivity (Wildman–Crippen MR) is 106 cm³/mol. The number of aryl methyl sites for hydroxylation is 1. The molecule has 1 N–H and O–H groups in total. The molecule has 1 heterocycles. The highest BCUT2D eigenvalue weighted by Crippen LogP contribution is 2.38. The molecule has 1 amide bonds. The van der Waals surface area contributed by atoms with Gasteiger partial charge in [-0.1, -0.05) is 25.7 Å². The van der Waals surface area contributed by atoms with Gasteiger partial charge in [0.25, 0.3) is 5.91 Å². The van der Waals surface area contributed by atoms with Crippen molar-refractivity contribution in [3.05, 3.63) is 29.1 Å². The van der Waals surface area contributed by atoms with Crippen molar-refractivity contribution >= 4 is 18.0 Å². The van der Waals surface area contributed by atoms with E-state index in [1.807, 2.05) is 0 Å². The molecular formula is C22H32N2O3. The minimum atomic E-state index is -0.774. The number of nitrogens with one attached hydrogen (secondary N) is 1. The molecule has 1 atom stereocenters. The SMILES string of the molecule is Cc1cc(/C=C/C(=O)O[C@H](C)C(=O)NC2CCCCCC2)c(C)n1C1CC1. The number of ether oxygens (including phenoxy) is 1. The largest absolute Gasteiger partial charge is 0.449 e. The molecule has 0 radical (unpaired) electrons. The van der Waals surface area contributed by atoms with E-state index < -0.39 is 12.1 Å². The lowest BCUT2D eigenvalue weighted by molar-refractivity contribution is -0.150. The number of hydrogen-bond acceptors (Lipinski definition) is 3. The Labute approximate surface area is 162 Å². The first-order chi connectivity index (χ1) is 13.0. The van der Waals surface area contributed by atoms with E-state index in [1.54, 1.807) is 13.0 Å². The molecule has 2 saturated carbocycles. The van der Waals surface area contributed by atoms with Gasteiger partial charge in [-0.2, -0.15) is 0 Å². The fraction of sp³-hybridized carbons (Fsp3) is 0.636. The van der Waals surface area contributed by atoms with Gasteiger partial charge in [-0.3, -0.25) is 4.79 Å². The number of nitrogens with zero attached hydrogens (tertiary/aromatic N) is 1. The highest BCUT2D eigenvalue weighted by atomic mass is 16.5. The van der Waals surface area contributed by atoms with Crippen LogP contribution in [-0.2, 0) is 14.3 Å². The second-order valence-electron chi connectivity index (χ2n) is 8.04. The van der Waals surface area contributed by atoms with Crippen molar-refractivity contribution in [2.75, 3.05) is 0 Å². The van der Waals surface area contributed by atoms with E-state index >= 15 is 0 Å². The van der Waals surface area contributed by atoms with Gasteiger partial charge in [-0.15, -0.1) is 0 Å². The van der Waals surface area contributed by atoms with Crippen LogP contribution in [0.2, 0.25) is 0 Å². The van der Waals surface area contributed by atoms with Gasteiger partial charge < -0.3 is 14.6 Å². The van der Waals surface area contributed by atoms with Gasteiger partial charge >= 0.3 is 5.97 Å². The summed E-state index contributed by atoms with van der Waals surface area (Å²) in [7, 11) is 0. The van der Waals surface area contributed by atoms with E-state index in [9.17, 15) is 9.59 Å². The Kier molecular flexibility index (Phi) is 6.40. The molecular weight excluding hydrogens is 340 g/mol. The van der Waals surface area contributed by atoms with E-state index in [0.29, 0.717) is 6.04 Å². The van der Waals surface area contributed by atoms with Crippen LogP contribution < -0.4 is 5.32 Å². The van der Waals surface area contributed by atoms with Crippen LogP contribution in [0.25, 0.3) is 6.08 Å². The molecule has 5 nitrogen and oxygen atoms in total. The van der Waals surface area contributed by atoms with Crippen molar-refractivity contribution in [1.29, 1.82) is 0 Å². The lowest BCUT2D eigenvalue weighted by atomic mass is 10.1. The normalized spacial score (nSPS) is 19.7. The highest BCUT2D eigenvalue weighted by Gasteiger charge is 2.26. The third kappa shape index (κ3) is 5.24. The fourth-order valence-corrected chi connectivity index (χ4v) is 4.03. The Hall–Kier alpha value is -2.04. The van der Waals surface area contributed by atoms with E-state index in [4.69, 9.17) is 4.74 Å². The number of carbonyl (C=O) groups is 2. The molecule has 0 saturated heterocycles. The molecule has 148 valence electrons. The first kappa shape index (κ1) is 19.7. The number of rotatable bonds is 6. The van der Waals surface area contributed by atoms with Crippen LogP contribution in [0.4, 0.5) is 0 Å². The maximum absolute atomic E-state index is 12.3. The number of aromatic nitrogens is 1. The first-order valence-corrected chi connectivity index (χ1v) is 10.3. The van der Waals surface area contributed by atoms with E-state index in [0.717, 1.165) is 31.2 Å². The Morgan fingerprint density at radius 2 is 1.81 bits per heavy atom. The average Bonchev–Trinajstić information content (AvgIpc) is 3.43. The van der Waals surface area contributed by atoms with Gasteiger partial charge in [-0.25, -0.2) is 4.79 Å². The highest BCUT2D eigenvalue weighted by molar-refractivity contribution is 5.90. The summed E-state index contributed by atoms with van der Waals surface area (Å²) in [6, 6.07) is 2.93. The summed E-state index contributed by atoms with van der Waals surface area (Å²) in [4.78, 5) is 24.4. The average molecular weight is 373 g/mol. The topological polar surface area (TPSA) is 60.3 Å². The van der Waals surface area contributed by atoms with E-state index in [-0.39, 0.29) is 11.9 Å². The zero-order valence-electron chi connectivity index (χ0n) is 16.8. The summed E-state index contributed by atoms with van der Waals surface area (Å²) in [6.45, 7) is 5.82. The molecule has 1 aromatic heterocycles. The van der Waals surface area contributed by atoms with Crippen molar-refractivity contribution in [2.24, 2.45) is 0 Å². The summed E-state index contributed by atoms with van der Waals surface area (Å²) in [5.74, 6) is -0.676. The molecule has 2 aliphatic carbocycles. The van der Waals surface area contributed by atoms with Gasteiger partial charge in [0.15, 0.2) is 6.10 Å². The Balaban J connectivity index is 1.51. The lowest BCUT2D eigenvalue weighted by Crippen LogP contribution is -2.41. The fourth-order valence-electron chi connectivity index (χ4n) is 4.03. The van der Waals surface area contributed by atoms with Crippen LogP contribution >= 0.6 is 0 Å². The number of amides is 1.